The zero-order valence-corrected chi connectivity index (χ0v) is 15.2. The van der Waals surface area contributed by atoms with E-state index in [1.54, 1.807) is 0 Å². The molecule has 0 aromatic heterocycles. The molecule has 0 bridgehead atoms. The van der Waals surface area contributed by atoms with Gasteiger partial charge in [-0.1, -0.05) is 56.0 Å². The number of allylic oxidation sites excluding steroid dienone is 3. The largest absolute Gasteiger partial charge is 0.292 e. The van der Waals surface area contributed by atoms with Crippen molar-refractivity contribution in [3.63, 3.8) is 0 Å². The van der Waals surface area contributed by atoms with E-state index in [4.69, 9.17) is 0 Å². The summed E-state index contributed by atoms with van der Waals surface area (Å²) in [7, 11) is 0. The van der Waals surface area contributed by atoms with Crippen LogP contribution in [0.3, 0.4) is 0 Å². The molecule has 0 aliphatic carbocycles. The van der Waals surface area contributed by atoms with Gasteiger partial charge >= 0.3 is 0 Å². The van der Waals surface area contributed by atoms with Crippen molar-refractivity contribution in [2.45, 2.75) is 46.6 Å². The number of hydrogen-bond acceptors (Lipinski definition) is 1. The third-order valence-electron chi connectivity index (χ3n) is 5.07. The van der Waals surface area contributed by atoms with Crippen LogP contribution >= 0.6 is 0 Å². The van der Waals surface area contributed by atoms with Gasteiger partial charge in [0.2, 0.25) is 0 Å². The van der Waals surface area contributed by atoms with Crippen LogP contribution in [0.2, 0.25) is 0 Å². The third kappa shape index (κ3) is 4.23. The smallest absolute Gasteiger partial charge is 0.0606 e. The van der Waals surface area contributed by atoms with E-state index in [2.05, 4.69) is 75.6 Å². The zero-order valence-electron chi connectivity index (χ0n) is 15.2. The summed E-state index contributed by atoms with van der Waals surface area (Å²) in [4.78, 5) is 2.66. The minimum atomic E-state index is 0.331. The predicted molar refractivity (Wildman–Crippen MR) is 102 cm³/mol. The van der Waals surface area contributed by atoms with Crippen LogP contribution in [0.4, 0.5) is 0 Å². The second-order valence-electron chi connectivity index (χ2n) is 6.82. The molecule has 1 heteroatoms. The molecule has 0 spiro atoms. The van der Waals surface area contributed by atoms with E-state index >= 15 is 0 Å². The Bertz CT molecular complexity index is 586. The van der Waals surface area contributed by atoms with Crippen molar-refractivity contribution >= 4 is 0 Å². The summed E-state index contributed by atoms with van der Waals surface area (Å²) in [6.45, 7) is 15.2. The van der Waals surface area contributed by atoms with Crippen LogP contribution in [0.1, 0.15) is 50.8 Å². The van der Waals surface area contributed by atoms with Gasteiger partial charge in [-0.05, 0) is 74.9 Å². The molecule has 124 valence electrons. The first kappa shape index (κ1) is 17.7. The summed E-state index contributed by atoms with van der Waals surface area (Å²) in [6, 6.07) is 9.15. The fraction of sp³-hybridized carbons (Fsp3) is 0.455. The number of piperidine rings is 1. The lowest BCUT2D eigenvalue weighted by atomic mass is 9.88. The van der Waals surface area contributed by atoms with Crippen molar-refractivity contribution in [3.05, 3.63) is 71.3 Å². The fourth-order valence-electron chi connectivity index (χ4n) is 3.48. The maximum Gasteiger partial charge on any atom is 0.0606 e. The predicted octanol–water partition coefficient (Wildman–Crippen LogP) is 5.85. The van der Waals surface area contributed by atoms with Crippen molar-refractivity contribution in [2.24, 2.45) is 5.92 Å². The molecule has 1 fully saturated rings. The Morgan fingerprint density at radius 2 is 1.91 bits per heavy atom. The maximum atomic E-state index is 4.01. The fourth-order valence-corrected chi connectivity index (χ4v) is 3.48. The van der Waals surface area contributed by atoms with Gasteiger partial charge in [-0.15, -0.1) is 0 Å². The maximum absolute atomic E-state index is 4.01. The molecule has 2 rings (SSSR count). The van der Waals surface area contributed by atoms with E-state index in [-0.39, 0.29) is 0 Å². The van der Waals surface area contributed by atoms with Crippen molar-refractivity contribution in [1.29, 1.82) is 0 Å². The molecule has 1 saturated heterocycles. The standard InChI is InChI=1S/C22H31N/c1-6-10-20(18(4)7-2)22(21-12-9-8-11-19(21)5)23-15-13-17(3)14-16-23/h6-12,17,22H,2,13-16H2,1,3-5H3/b10-6-,20-18+. The van der Waals surface area contributed by atoms with Crippen LogP contribution in [-0.4, -0.2) is 18.0 Å². The first-order valence-corrected chi connectivity index (χ1v) is 8.84. The highest BCUT2D eigenvalue weighted by atomic mass is 15.2. The number of rotatable bonds is 5. The molecule has 0 radical (unpaired) electrons. The van der Waals surface area contributed by atoms with Gasteiger partial charge in [0.25, 0.3) is 0 Å². The van der Waals surface area contributed by atoms with Crippen LogP contribution < -0.4 is 0 Å². The van der Waals surface area contributed by atoms with Gasteiger partial charge in [-0.3, -0.25) is 4.90 Å². The lowest BCUT2D eigenvalue weighted by Gasteiger charge is -2.39. The Morgan fingerprint density at radius 3 is 2.48 bits per heavy atom. The van der Waals surface area contributed by atoms with Crippen molar-refractivity contribution < 1.29 is 0 Å². The summed E-state index contributed by atoms with van der Waals surface area (Å²) in [5.41, 5.74) is 5.45. The molecule has 23 heavy (non-hydrogen) atoms. The van der Waals surface area contributed by atoms with Crippen LogP contribution in [0.5, 0.6) is 0 Å². The van der Waals surface area contributed by atoms with E-state index in [1.165, 1.54) is 48.2 Å². The van der Waals surface area contributed by atoms with Gasteiger partial charge in [-0.2, -0.15) is 0 Å². The molecule has 1 aromatic rings. The zero-order chi connectivity index (χ0) is 16.8. The van der Waals surface area contributed by atoms with E-state index < -0.39 is 0 Å². The second-order valence-corrected chi connectivity index (χ2v) is 6.82. The van der Waals surface area contributed by atoms with E-state index in [0.717, 1.165) is 5.92 Å². The van der Waals surface area contributed by atoms with Gasteiger partial charge in [0.05, 0.1) is 6.04 Å². The summed E-state index contributed by atoms with van der Waals surface area (Å²) in [5.74, 6) is 0.846. The average molecular weight is 309 g/mol. The molecule has 1 nitrogen and oxygen atoms in total. The Morgan fingerprint density at radius 1 is 1.26 bits per heavy atom. The van der Waals surface area contributed by atoms with Gasteiger partial charge in [0, 0.05) is 0 Å². The van der Waals surface area contributed by atoms with E-state index in [1.807, 2.05) is 6.08 Å². The second kappa shape index (κ2) is 8.31. The minimum absolute atomic E-state index is 0.331. The normalized spacial score (nSPS) is 19.7. The summed E-state index contributed by atoms with van der Waals surface area (Å²) in [5, 5.41) is 0. The lowest BCUT2D eigenvalue weighted by molar-refractivity contribution is 0.156. The molecule has 1 aromatic carbocycles. The molecule has 0 saturated carbocycles. The first-order valence-electron chi connectivity index (χ1n) is 8.84. The Labute approximate surface area is 142 Å². The van der Waals surface area contributed by atoms with E-state index in [9.17, 15) is 0 Å². The van der Waals surface area contributed by atoms with Gasteiger partial charge in [-0.25, -0.2) is 0 Å². The van der Waals surface area contributed by atoms with Crippen LogP contribution in [0, 0.1) is 12.8 Å². The van der Waals surface area contributed by atoms with Crippen LogP contribution in [0.25, 0.3) is 0 Å². The topological polar surface area (TPSA) is 3.24 Å². The highest BCUT2D eigenvalue weighted by Crippen LogP contribution is 2.36. The molecule has 1 aliphatic rings. The third-order valence-corrected chi connectivity index (χ3v) is 5.07. The van der Waals surface area contributed by atoms with Gasteiger partial charge < -0.3 is 0 Å². The van der Waals surface area contributed by atoms with Crippen LogP contribution in [-0.2, 0) is 0 Å². The number of benzene rings is 1. The Kier molecular flexibility index (Phi) is 6.41. The molecule has 1 unspecified atom stereocenters. The number of likely N-dealkylation sites (tertiary alicyclic amines) is 1. The summed E-state index contributed by atoms with van der Waals surface area (Å²) in [6.07, 6.45) is 9.00. The van der Waals surface area contributed by atoms with Gasteiger partial charge in [0.15, 0.2) is 0 Å². The Balaban J connectivity index is 2.51. The lowest BCUT2D eigenvalue weighted by Crippen LogP contribution is -2.37. The van der Waals surface area contributed by atoms with Crippen molar-refractivity contribution in [2.75, 3.05) is 13.1 Å². The highest BCUT2D eigenvalue weighted by Gasteiger charge is 2.28. The average Bonchev–Trinajstić information content (AvgIpc) is 2.56. The molecule has 0 N–H and O–H groups in total. The number of hydrogen-bond donors (Lipinski definition) is 0. The highest BCUT2D eigenvalue weighted by molar-refractivity contribution is 5.43. The number of aryl methyl sites for hydroxylation is 1. The number of nitrogens with zero attached hydrogens (tertiary/aromatic N) is 1. The quantitative estimate of drug-likeness (QED) is 0.617. The minimum Gasteiger partial charge on any atom is -0.292 e. The first-order chi connectivity index (χ1) is 11.1. The molecule has 0 amide bonds. The van der Waals surface area contributed by atoms with E-state index in [0.29, 0.717) is 6.04 Å². The summed E-state index contributed by atoms with van der Waals surface area (Å²) >= 11 is 0. The molecular formula is C22H31N. The molecular weight excluding hydrogens is 278 g/mol. The molecule has 1 heterocycles. The van der Waals surface area contributed by atoms with Crippen molar-refractivity contribution in [3.8, 4) is 0 Å². The van der Waals surface area contributed by atoms with Crippen LogP contribution in [0.15, 0.2) is 60.2 Å². The van der Waals surface area contributed by atoms with Crippen molar-refractivity contribution in [1.82, 2.24) is 4.90 Å². The molecule has 1 aliphatic heterocycles. The molecule has 1 atom stereocenters. The summed E-state index contributed by atoms with van der Waals surface area (Å²) < 4.78 is 0. The van der Waals surface area contributed by atoms with Gasteiger partial charge in [0.1, 0.15) is 0 Å². The SMILES string of the molecule is C=C/C(C)=C(\C=C/C)C(c1ccccc1C)N1CCC(C)CC1. The monoisotopic (exact) mass is 309 g/mol. The Hall–Kier alpha value is -1.60.